The Morgan fingerprint density at radius 1 is 1.35 bits per heavy atom. The number of hydrogen-bond acceptors (Lipinski definition) is 1. The topological polar surface area (TPSA) is 9.23 Å². The van der Waals surface area contributed by atoms with Gasteiger partial charge in [0.25, 0.3) is 0 Å². The van der Waals surface area contributed by atoms with Crippen molar-refractivity contribution in [1.29, 1.82) is 0 Å². The molecule has 1 aromatic rings. The van der Waals surface area contributed by atoms with E-state index in [0.717, 1.165) is 25.0 Å². The molecule has 0 unspecified atom stereocenters. The van der Waals surface area contributed by atoms with Crippen LogP contribution in [0.4, 0.5) is 0 Å². The van der Waals surface area contributed by atoms with E-state index in [9.17, 15) is 0 Å². The van der Waals surface area contributed by atoms with Gasteiger partial charge in [0.2, 0.25) is 0 Å². The lowest BCUT2D eigenvalue weighted by Gasteiger charge is -2.33. The largest absolute Gasteiger partial charge is 0.371 e. The molecule has 1 heteroatoms. The van der Waals surface area contributed by atoms with Crippen LogP contribution >= 0.6 is 0 Å². The minimum atomic E-state index is -0.177. The number of benzene rings is 1. The summed E-state index contributed by atoms with van der Waals surface area (Å²) < 4.78 is 5.84. The van der Waals surface area contributed by atoms with Gasteiger partial charge in [-0.3, -0.25) is 0 Å². The summed E-state index contributed by atoms with van der Waals surface area (Å²) in [6, 6.07) is 4.49. The average molecular weight is 228 g/mol. The third-order valence-corrected chi connectivity index (χ3v) is 3.33. The SMILES string of the molecule is CCC#Cc1cc2c(cc1C)CCOC2(C)C. The summed E-state index contributed by atoms with van der Waals surface area (Å²) in [5.41, 5.74) is 4.96. The third-order valence-electron chi connectivity index (χ3n) is 3.33. The Labute approximate surface area is 104 Å². The fourth-order valence-corrected chi connectivity index (χ4v) is 2.35. The van der Waals surface area contributed by atoms with E-state index in [2.05, 4.69) is 51.7 Å². The van der Waals surface area contributed by atoms with E-state index >= 15 is 0 Å². The first-order valence-corrected chi connectivity index (χ1v) is 6.31. The van der Waals surface area contributed by atoms with Gasteiger partial charge >= 0.3 is 0 Å². The van der Waals surface area contributed by atoms with E-state index in [-0.39, 0.29) is 5.60 Å². The van der Waals surface area contributed by atoms with Crippen molar-refractivity contribution in [2.75, 3.05) is 6.61 Å². The molecule has 0 N–H and O–H groups in total. The summed E-state index contributed by atoms with van der Waals surface area (Å²) in [4.78, 5) is 0. The molecular weight excluding hydrogens is 208 g/mol. The normalized spacial score (nSPS) is 16.9. The Bertz CT molecular complexity index is 486. The highest BCUT2D eigenvalue weighted by atomic mass is 16.5. The molecule has 0 atom stereocenters. The zero-order chi connectivity index (χ0) is 12.5. The van der Waals surface area contributed by atoms with Gasteiger partial charge in [0, 0.05) is 12.0 Å². The van der Waals surface area contributed by atoms with Crippen molar-refractivity contribution in [1.82, 2.24) is 0 Å². The highest BCUT2D eigenvalue weighted by Gasteiger charge is 2.28. The lowest BCUT2D eigenvalue weighted by Crippen LogP contribution is -2.29. The fourth-order valence-electron chi connectivity index (χ4n) is 2.35. The van der Waals surface area contributed by atoms with E-state index in [1.54, 1.807) is 0 Å². The fraction of sp³-hybridized carbons (Fsp3) is 0.500. The van der Waals surface area contributed by atoms with Crippen molar-refractivity contribution in [2.45, 2.75) is 46.1 Å². The Hall–Kier alpha value is -1.26. The second kappa shape index (κ2) is 4.55. The molecule has 0 saturated carbocycles. The van der Waals surface area contributed by atoms with E-state index < -0.39 is 0 Å². The first kappa shape index (κ1) is 12.2. The zero-order valence-corrected chi connectivity index (χ0v) is 11.2. The van der Waals surface area contributed by atoms with Crippen molar-refractivity contribution in [3.63, 3.8) is 0 Å². The summed E-state index contributed by atoms with van der Waals surface area (Å²) in [7, 11) is 0. The van der Waals surface area contributed by atoms with Crippen LogP contribution in [-0.2, 0) is 16.8 Å². The third kappa shape index (κ3) is 2.37. The maximum absolute atomic E-state index is 5.84. The Morgan fingerprint density at radius 2 is 2.12 bits per heavy atom. The summed E-state index contributed by atoms with van der Waals surface area (Å²) >= 11 is 0. The quantitative estimate of drug-likeness (QED) is 0.617. The van der Waals surface area contributed by atoms with Gasteiger partial charge in [-0.25, -0.2) is 0 Å². The van der Waals surface area contributed by atoms with E-state index in [1.165, 1.54) is 16.7 Å². The second-order valence-corrected chi connectivity index (χ2v) is 5.09. The summed E-state index contributed by atoms with van der Waals surface area (Å²) in [6.45, 7) is 9.31. The molecule has 1 aliphatic rings. The van der Waals surface area contributed by atoms with Crippen molar-refractivity contribution in [3.05, 3.63) is 34.4 Å². The zero-order valence-electron chi connectivity index (χ0n) is 11.2. The van der Waals surface area contributed by atoms with Crippen LogP contribution in [0.5, 0.6) is 0 Å². The van der Waals surface area contributed by atoms with Gasteiger partial charge in [-0.2, -0.15) is 0 Å². The maximum atomic E-state index is 5.84. The van der Waals surface area contributed by atoms with Gasteiger partial charge in [-0.05, 0) is 49.9 Å². The molecule has 0 amide bonds. The molecule has 90 valence electrons. The van der Waals surface area contributed by atoms with Crippen LogP contribution < -0.4 is 0 Å². The lowest BCUT2D eigenvalue weighted by molar-refractivity contribution is -0.0315. The standard InChI is InChI=1S/C16H20O/c1-5-6-7-13-11-15-14(10-12(13)2)8-9-17-16(15,3)4/h10-11H,5,8-9H2,1-4H3. The summed E-state index contributed by atoms with van der Waals surface area (Å²) in [6.07, 6.45) is 1.91. The molecule has 2 rings (SSSR count). The number of ether oxygens (including phenoxy) is 1. The maximum Gasteiger partial charge on any atom is 0.0878 e. The minimum Gasteiger partial charge on any atom is -0.371 e. The molecule has 0 aromatic heterocycles. The van der Waals surface area contributed by atoms with Crippen LogP contribution in [0.25, 0.3) is 0 Å². The lowest BCUT2D eigenvalue weighted by atomic mass is 9.86. The number of aryl methyl sites for hydroxylation is 1. The molecule has 0 radical (unpaired) electrons. The van der Waals surface area contributed by atoms with Gasteiger partial charge in [0.1, 0.15) is 0 Å². The van der Waals surface area contributed by atoms with Gasteiger partial charge in [0.05, 0.1) is 12.2 Å². The molecule has 1 aromatic carbocycles. The molecule has 0 fully saturated rings. The van der Waals surface area contributed by atoms with Crippen LogP contribution in [0.3, 0.4) is 0 Å². The summed E-state index contributed by atoms with van der Waals surface area (Å²) in [5, 5.41) is 0. The first-order valence-electron chi connectivity index (χ1n) is 6.31. The Balaban J connectivity index is 2.53. The molecule has 1 nitrogen and oxygen atoms in total. The molecule has 1 aliphatic heterocycles. The van der Waals surface area contributed by atoms with Crippen LogP contribution in [0.15, 0.2) is 12.1 Å². The van der Waals surface area contributed by atoms with E-state index in [0.29, 0.717) is 0 Å². The van der Waals surface area contributed by atoms with E-state index in [1.807, 2.05) is 0 Å². The van der Waals surface area contributed by atoms with Crippen LogP contribution in [0.1, 0.15) is 49.4 Å². The molecule has 1 heterocycles. The first-order chi connectivity index (χ1) is 8.04. The smallest absolute Gasteiger partial charge is 0.0878 e. The molecule has 0 bridgehead atoms. The predicted molar refractivity (Wildman–Crippen MR) is 71.0 cm³/mol. The van der Waals surface area contributed by atoms with Gasteiger partial charge in [-0.15, -0.1) is 0 Å². The number of hydrogen-bond donors (Lipinski definition) is 0. The highest BCUT2D eigenvalue weighted by Crippen LogP contribution is 2.33. The van der Waals surface area contributed by atoms with Crippen molar-refractivity contribution in [2.24, 2.45) is 0 Å². The molecule has 0 saturated heterocycles. The van der Waals surface area contributed by atoms with Gasteiger partial charge in [-0.1, -0.05) is 24.8 Å². The Kier molecular flexibility index (Phi) is 3.26. The molecule has 0 spiro atoms. The predicted octanol–water partition coefficient (Wildman–Crippen LogP) is 3.56. The average Bonchev–Trinajstić information content (AvgIpc) is 2.26. The highest BCUT2D eigenvalue weighted by molar-refractivity contribution is 5.48. The second-order valence-electron chi connectivity index (χ2n) is 5.09. The van der Waals surface area contributed by atoms with Crippen molar-refractivity contribution in [3.8, 4) is 11.8 Å². The molecule has 17 heavy (non-hydrogen) atoms. The Morgan fingerprint density at radius 3 is 2.82 bits per heavy atom. The minimum absolute atomic E-state index is 0.177. The number of rotatable bonds is 0. The molecular formula is C16H20O. The number of fused-ring (bicyclic) bond motifs is 1. The van der Waals surface area contributed by atoms with Crippen LogP contribution in [0, 0.1) is 18.8 Å². The van der Waals surface area contributed by atoms with Crippen LogP contribution in [-0.4, -0.2) is 6.61 Å². The van der Waals surface area contributed by atoms with Gasteiger partial charge in [0.15, 0.2) is 0 Å². The van der Waals surface area contributed by atoms with Crippen LogP contribution in [0.2, 0.25) is 0 Å². The van der Waals surface area contributed by atoms with E-state index in [4.69, 9.17) is 4.74 Å². The monoisotopic (exact) mass is 228 g/mol. The summed E-state index contributed by atoms with van der Waals surface area (Å²) in [5.74, 6) is 6.39. The van der Waals surface area contributed by atoms with Crippen molar-refractivity contribution < 1.29 is 4.74 Å². The van der Waals surface area contributed by atoms with Gasteiger partial charge < -0.3 is 4.74 Å². The molecule has 0 aliphatic carbocycles. The van der Waals surface area contributed by atoms with Crippen molar-refractivity contribution >= 4 is 0 Å².